The van der Waals surface area contributed by atoms with E-state index in [4.69, 9.17) is 4.74 Å². The Balaban J connectivity index is 2.74. The topological polar surface area (TPSA) is 29.5 Å². The second kappa shape index (κ2) is 6.46. The molecule has 1 aromatic rings. The highest BCUT2D eigenvalue weighted by Gasteiger charge is 2.13. The molecule has 0 spiro atoms. The average Bonchev–Trinajstić information content (AvgIpc) is 2.25. The summed E-state index contributed by atoms with van der Waals surface area (Å²) in [7, 11) is 0. The SMILES string of the molecule is CCCOC(CCC)c1ccccc1O. The van der Waals surface area contributed by atoms with E-state index in [1.54, 1.807) is 6.07 Å². The fraction of sp³-hybridized carbons (Fsp3) is 0.538. The monoisotopic (exact) mass is 208 g/mol. The average molecular weight is 208 g/mol. The van der Waals surface area contributed by atoms with Crippen molar-refractivity contribution in [3.05, 3.63) is 29.8 Å². The van der Waals surface area contributed by atoms with E-state index in [9.17, 15) is 5.11 Å². The van der Waals surface area contributed by atoms with Crippen molar-refractivity contribution in [2.24, 2.45) is 0 Å². The summed E-state index contributed by atoms with van der Waals surface area (Å²) in [6.07, 6.45) is 3.06. The summed E-state index contributed by atoms with van der Waals surface area (Å²) in [5.41, 5.74) is 0.910. The van der Waals surface area contributed by atoms with Crippen molar-refractivity contribution in [3.8, 4) is 5.75 Å². The van der Waals surface area contributed by atoms with Crippen LogP contribution in [0.1, 0.15) is 44.8 Å². The lowest BCUT2D eigenvalue weighted by atomic mass is 10.0. The summed E-state index contributed by atoms with van der Waals surface area (Å²) in [5.74, 6) is 0.340. The van der Waals surface area contributed by atoms with Gasteiger partial charge in [0.1, 0.15) is 5.75 Å². The van der Waals surface area contributed by atoms with Gasteiger partial charge in [0, 0.05) is 12.2 Å². The minimum absolute atomic E-state index is 0.0381. The molecule has 0 fully saturated rings. The Morgan fingerprint density at radius 1 is 1.20 bits per heavy atom. The van der Waals surface area contributed by atoms with Gasteiger partial charge in [0.05, 0.1) is 6.10 Å². The molecule has 0 heterocycles. The van der Waals surface area contributed by atoms with Gasteiger partial charge in [-0.3, -0.25) is 0 Å². The van der Waals surface area contributed by atoms with Gasteiger partial charge in [-0.2, -0.15) is 0 Å². The molecule has 84 valence electrons. The second-order valence-electron chi connectivity index (χ2n) is 3.71. The third-order valence-corrected chi connectivity index (χ3v) is 2.36. The largest absolute Gasteiger partial charge is 0.508 e. The van der Waals surface area contributed by atoms with Crippen LogP contribution in [0.15, 0.2) is 24.3 Å². The van der Waals surface area contributed by atoms with Crippen LogP contribution in [0, 0.1) is 0 Å². The maximum atomic E-state index is 9.73. The molecule has 1 aromatic carbocycles. The van der Waals surface area contributed by atoms with Gasteiger partial charge in [0.2, 0.25) is 0 Å². The van der Waals surface area contributed by atoms with Crippen LogP contribution in [0.2, 0.25) is 0 Å². The van der Waals surface area contributed by atoms with Crippen molar-refractivity contribution in [2.45, 2.75) is 39.2 Å². The Labute approximate surface area is 91.9 Å². The Morgan fingerprint density at radius 2 is 1.93 bits per heavy atom. The molecule has 0 aliphatic heterocycles. The molecule has 0 aliphatic rings. The van der Waals surface area contributed by atoms with Gasteiger partial charge in [0.25, 0.3) is 0 Å². The maximum absolute atomic E-state index is 9.73. The van der Waals surface area contributed by atoms with E-state index in [2.05, 4.69) is 13.8 Å². The quantitative estimate of drug-likeness (QED) is 0.773. The fourth-order valence-electron chi connectivity index (χ4n) is 1.61. The summed E-state index contributed by atoms with van der Waals surface area (Å²) < 4.78 is 5.74. The van der Waals surface area contributed by atoms with E-state index in [-0.39, 0.29) is 6.10 Å². The summed E-state index contributed by atoms with van der Waals surface area (Å²) >= 11 is 0. The highest BCUT2D eigenvalue weighted by molar-refractivity contribution is 5.33. The molecular formula is C13H20O2. The molecule has 0 saturated carbocycles. The van der Waals surface area contributed by atoms with Crippen LogP contribution in [0.25, 0.3) is 0 Å². The van der Waals surface area contributed by atoms with Crippen LogP contribution in [0.3, 0.4) is 0 Å². The molecule has 2 heteroatoms. The molecule has 0 aliphatic carbocycles. The molecular weight excluding hydrogens is 188 g/mol. The van der Waals surface area contributed by atoms with Crippen LogP contribution in [-0.2, 0) is 4.74 Å². The van der Waals surface area contributed by atoms with E-state index in [0.29, 0.717) is 5.75 Å². The highest BCUT2D eigenvalue weighted by Crippen LogP contribution is 2.29. The van der Waals surface area contributed by atoms with Gasteiger partial charge >= 0.3 is 0 Å². The van der Waals surface area contributed by atoms with Crippen LogP contribution >= 0.6 is 0 Å². The Bertz CT molecular complexity index is 284. The Hall–Kier alpha value is -1.02. The van der Waals surface area contributed by atoms with Crippen LogP contribution in [-0.4, -0.2) is 11.7 Å². The number of hydrogen-bond donors (Lipinski definition) is 1. The van der Waals surface area contributed by atoms with Crippen molar-refractivity contribution in [1.29, 1.82) is 0 Å². The second-order valence-corrected chi connectivity index (χ2v) is 3.71. The predicted molar refractivity (Wildman–Crippen MR) is 62.0 cm³/mol. The molecule has 0 amide bonds. The van der Waals surface area contributed by atoms with Crippen LogP contribution in [0.5, 0.6) is 5.75 Å². The zero-order valence-electron chi connectivity index (χ0n) is 9.57. The Morgan fingerprint density at radius 3 is 2.53 bits per heavy atom. The minimum Gasteiger partial charge on any atom is -0.508 e. The van der Waals surface area contributed by atoms with Crippen LogP contribution < -0.4 is 0 Å². The molecule has 15 heavy (non-hydrogen) atoms. The predicted octanol–water partition coefficient (Wildman–Crippen LogP) is 3.66. The third kappa shape index (κ3) is 3.56. The summed E-state index contributed by atoms with van der Waals surface area (Å²) in [4.78, 5) is 0. The fourth-order valence-corrected chi connectivity index (χ4v) is 1.61. The number of rotatable bonds is 6. The molecule has 0 radical (unpaired) electrons. The lowest BCUT2D eigenvalue weighted by molar-refractivity contribution is 0.0450. The summed E-state index contributed by atoms with van der Waals surface area (Å²) in [5, 5.41) is 9.73. The number of hydrogen-bond acceptors (Lipinski definition) is 2. The zero-order chi connectivity index (χ0) is 11.1. The zero-order valence-corrected chi connectivity index (χ0v) is 9.57. The van der Waals surface area contributed by atoms with Gasteiger partial charge in [0.15, 0.2) is 0 Å². The maximum Gasteiger partial charge on any atom is 0.121 e. The molecule has 1 N–H and O–H groups in total. The number of ether oxygens (including phenoxy) is 1. The first-order valence-corrected chi connectivity index (χ1v) is 5.69. The van der Waals surface area contributed by atoms with E-state index < -0.39 is 0 Å². The number of benzene rings is 1. The molecule has 0 saturated heterocycles. The van der Waals surface area contributed by atoms with Crippen molar-refractivity contribution in [1.82, 2.24) is 0 Å². The third-order valence-electron chi connectivity index (χ3n) is 2.36. The smallest absolute Gasteiger partial charge is 0.121 e. The van der Waals surface area contributed by atoms with E-state index in [0.717, 1.165) is 31.4 Å². The van der Waals surface area contributed by atoms with Gasteiger partial charge in [-0.1, -0.05) is 38.5 Å². The van der Waals surface area contributed by atoms with Gasteiger partial charge in [-0.25, -0.2) is 0 Å². The number of phenols is 1. The molecule has 0 bridgehead atoms. The first kappa shape index (κ1) is 12.1. The standard InChI is InChI=1S/C13H20O2/c1-3-7-13(15-10-4-2)11-8-5-6-9-12(11)14/h5-6,8-9,13-14H,3-4,7,10H2,1-2H3. The molecule has 2 nitrogen and oxygen atoms in total. The van der Waals surface area contributed by atoms with Crippen molar-refractivity contribution in [2.75, 3.05) is 6.61 Å². The van der Waals surface area contributed by atoms with Crippen molar-refractivity contribution in [3.63, 3.8) is 0 Å². The first-order chi connectivity index (χ1) is 7.29. The van der Waals surface area contributed by atoms with Gasteiger partial charge in [-0.05, 0) is 18.9 Å². The van der Waals surface area contributed by atoms with E-state index in [1.807, 2.05) is 18.2 Å². The number of aromatic hydroxyl groups is 1. The van der Waals surface area contributed by atoms with Crippen molar-refractivity contribution < 1.29 is 9.84 Å². The van der Waals surface area contributed by atoms with Crippen molar-refractivity contribution >= 4 is 0 Å². The highest BCUT2D eigenvalue weighted by atomic mass is 16.5. The summed E-state index contributed by atoms with van der Waals surface area (Å²) in [6.45, 7) is 4.97. The van der Waals surface area contributed by atoms with Crippen LogP contribution in [0.4, 0.5) is 0 Å². The molecule has 1 unspecified atom stereocenters. The minimum atomic E-state index is 0.0381. The Kier molecular flexibility index (Phi) is 5.19. The van der Waals surface area contributed by atoms with E-state index in [1.165, 1.54) is 0 Å². The van der Waals surface area contributed by atoms with E-state index >= 15 is 0 Å². The lowest BCUT2D eigenvalue weighted by Crippen LogP contribution is -2.05. The van der Waals surface area contributed by atoms with Gasteiger partial charge in [-0.15, -0.1) is 0 Å². The summed E-state index contributed by atoms with van der Waals surface area (Å²) in [6, 6.07) is 7.42. The number of para-hydroxylation sites is 1. The lowest BCUT2D eigenvalue weighted by Gasteiger charge is -2.18. The molecule has 0 aromatic heterocycles. The first-order valence-electron chi connectivity index (χ1n) is 5.69. The van der Waals surface area contributed by atoms with Gasteiger partial charge < -0.3 is 9.84 Å². The number of phenolic OH excluding ortho intramolecular Hbond substituents is 1. The molecule has 1 rings (SSSR count). The normalized spacial score (nSPS) is 12.7. The molecule has 1 atom stereocenters.